The Morgan fingerprint density at radius 3 is 2.71 bits per heavy atom. The molecule has 0 spiro atoms. The molecule has 0 aliphatic rings. The van der Waals surface area contributed by atoms with Gasteiger partial charge >= 0.3 is 5.97 Å². The molecule has 0 saturated heterocycles. The molecule has 0 bridgehead atoms. The predicted molar refractivity (Wildman–Crippen MR) is 61.8 cm³/mol. The number of alkyl halides is 1. The van der Waals surface area contributed by atoms with Crippen LogP contribution in [0.3, 0.4) is 0 Å². The number of carbonyl (C=O) groups is 1. The summed E-state index contributed by atoms with van der Waals surface area (Å²) < 4.78 is 4.52. The molecule has 0 aliphatic carbocycles. The molecule has 0 radical (unpaired) electrons. The summed E-state index contributed by atoms with van der Waals surface area (Å²) in [6.07, 6.45) is 0. The zero-order valence-corrected chi connectivity index (χ0v) is 10.4. The van der Waals surface area contributed by atoms with Gasteiger partial charge in [-0.3, -0.25) is 10.1 Å². The molecule has 0 fully saturated rings. The lowest BCUT2D eigenvalue weighted by molar-refractivity contribution is -0.385. The third-order valence-electron chi connectivity index (χ3n) is 2.12. The number of nitrogens with zero attached hydrogens (tertiary/aromatic N) is 2. The fourth-order valence-electron chi connectivity index (χ4n) is 1.37. The van der Waals surface area contributed by atoms with Gasteiger partial charge in [0.2, 0.25) is 0 Å². The second-order valence-electron chi connectivity index (χ2n) is 2.98. The maximum absolute atomic E-state index is 11.4. The smallest absolute Gasteiger partial charge is 0.338 e. The highest BCUT2D eigenvalue weighted by Gasteiger charge is 2.25. The first-order chi connectivity index (χ1) is 8.06. The Labute approximate surface area is 105 Å². The normalized spacial score (nSPS) is 9.47. The van der Waals surface area contributed by atoms with E-state index >= 15 is 0 Å². The molecule has 0 aromatic heterocycles. The Morgan fingerprint density at radius 2 is 2.29 bits per heavy atom. The lowest BCUT2D eigenvalue weighted by atomic mass is 10.0. The lowest BCUT2D eigenvalue weighted by Crippen LogP contribution is -2.08. The van der Waals surface area contributed by atoms with Crippen LogP contribution in [0, 0.1) is 21.4 Å². The Hall–Kier alpha value is -1.94. The van der Waals surface area contributed by atoms with E-state index < -0.39 is 10.9 Å². The van der Waals surface area contributed by atoms with Crippen LogP contribution >= 0.6 is 15.9 Å². The van der Waals surface area contributed by atoms with Crippen LogP contribution in [-0.2, 0) is 10.1 Å². The molecule has 88 valence electrons. The molecule has 0 amide bonds. The molecule has 7 heteroatoms. The molecule has 0 unspecified atom stereocenters. The van der Waals surface area contributed by atoms with E-state index in [4.69, 9.17) is 5.26 Å². The van der Waals surface area contributed by atoms with Crippen LogP contribution in [0.5, 0.6) is 0 Å². The molecule has 0 heterocycles. The van der Waals surface area contributed by atoms with Gasteiger partial charge in [0.25, 0.3) is 5.69 Å². The van der Waals surface area contributed by atoms with Gasteiger partial charge in [-0.05, 0) is 12.1 Å². The number of halogens is 1. The molecular formula is C10H7BrN2O4. The van der Waals surface area contributed by atoms with E-state index in [0.717, 1.165) is 0 Å². The number of hydrogen-bond acceptors (Lipinski definition) is 5. The van der Waals surface area contributed by atoms with Crippen molar-refractivity contribution < 1.29 is 14.5 Å². The summed E-state index contributed by atoms with van der Waals surface area (Å²) in [5.41, 5.74) is -0.236. The SMILES string of the molecule is COC(=O)c1ccc(C#N)c([N+](=O)[O-])c1CBr. The second kappa shape index (κ2) is 5.41. The van der Waals surface area contributed by atoms with E-state index in [9.17, 15) is 14.9 Å². The number of carbonyl (C=O) groups excluding carboxylic acids is 1. The van der Waals surface area contributed by atoms with Gasteiger partial charge in [0.15, 0.2) is 0 Å². The van der Waals surface area contributed by atoms with E-state index in [1.807, 2.05) is 0 Å². The van der Waals surface area contributed by atoms with E-state index in [2.05, 4.69) is 20.7 Å². The zero-order valence-electron chi connectivity index (χ0n) is 8.77. The van der Waals surface area contributed by atoms with Crippen molar-refractivity contribution in [3.05, 3.63) is 38.9 Å². The Morgan fingerprint density at radius 1 is 1.65 bits per heavy atom. The minimum Gasteiger partial charge on any atom is -0.465 e. The van der Waals surface area contributed by atoms with Gasteiger partial charge < -0.3 is 4.74 Å². The molecule has 17 heavy (non-hydrogen) atoms. The molecule has 6 nitrogen and oxygen atoms in total. The molecule has 1 aromatic rings. The minimum atomic E-state index is -0.679. The fourth-order valence-corrected chi connectivity index (χ4v) is 1.94. The number of nitriles is 1. The Bertz CT molecular complexity index is 522. The monoisotopic (exact) mass is 298 g/mol. The van der Waals surface area contributed by atoms with Crippen molar-refractivity contribution >= 4 is 27.6 Å². The predicted octanol–water partition coefficient (Wildman–Crippen LogP) is 2.15. The van der Waals surface area contributed by atoms with Crippen LogP contribution in [0.4, 0.5) is 5.69 Å². The van der Waals surface area contributed by atoms with Gasteiger partial charge in [-0.15, -0.1) is 0 Å². The lowest BCUT2D eigenvalue weighted by Gasteiger charge is -2.06. The van der Waals surface area contributed by atoms with Gasteiger partial charge in [-0.2, -0.15) is 5.26 Å². The van der Waals surface area contributed by atoms with Crippen molar-refractivity contribution in [3.8, 4) is 6.07 Å². The Balaban J connectivity index is 3.59. The van der Waals surface area contributed by atoms with Crippen molar-refractivity contribution in [1.82, 2.24) is 0 Å². The average Bonchev–Trinajstić information content (AvgIpc) is 2.35. The highest BCUT2D eigenvalue weighted by molar-refractivity contribution is 9.08. The van der Waals surface area contributed by atoms with E-state index in [-0.39, 0.29) is 27.7 Å². The van der Waals surface area contributed by atoms with E-state index in [1.54, 1.807) is 6.07 Å². The fraction of sp³-hybridized carbons (Fsp3) is 0.200. The molecule has 1 aromatic carbocycles. The minimum absolute atomic E-state index is 0.0788. The number of benzene rings is 1. The van der Waals surface area contributed by atoms with E-state index in [1.165, 1.54) is 19.2 Å². The van der Waals surface area contributed by atoms with Crippen LogP contribution in [0.25, 0.3) is 0 Å². The highest BCUT2D eigenvalue weighted by Crippen LogP contribution is 2.29. The summed E-state index contributed by atoms with van der Waals surface area (Å²) in [6.45, 7) is 0. The average molecular weight is 299 g/mol. The van der Waals surface area contributed by atoms with Crippen molar-refractivity contribution in [1.29, 1.82) is 5.26 Å². The maximum atomic E-state index is 11.4. The van der Waals surface area contributed by atoms with Gasteiger partial charge in [0.1, 0.15) is 11.6 Å². The number of rotatable bonds is 3. The number of ether oxygens (including phenoxy) is 1. The summed E-state index contributed by atoms with van der Waals surface area (Å²) in [5.74, 6) is -0.674. The number of esters is 1. The summed E-state index contributed by atoms with van der Waals surface area (Å²) in [5, 5.41) is 19.8. The summed E-state index contributed by atoms with van der Waals surface area (Å²) in [4.78, 5) is 21.6. The number of methoxy groups -OCH3 is 1. The second-order valence-corrected chi connectivity index (χ2v) is 3.54. The number of nitro benzene ring substituents is 1. The molecular weight excluding hydrogens is 292 g/mol. The van der Waals surface area contributed by atoms with Gasteiger partial charge in [-0.1, -0.05) is 15.9 Å². The number of hydrogen-bond donors (Lipinski definition) is 0. The van der Waals surface area contributed by atoms with Crippen LogP contribution in [0.15, 0.2) is 12.1 Å². The first-order valence-electron chi connectivity index (χ1n) is 4.41. The standard InChI is InChI=1S/C10H7BrN2O4/c1-17-10(14)7-3-2-6(5-12)9(13(15)16)8(7)4-11/h2-3H,4H2,1H3. The Kier molecular flexibility index (Phi) is 4.17. The summed E-state index contributed by atoms with van der Waals surface area (Å²) >= 11 is 3.07. The van der Waals surface area contributed by atoms with Crippen LogP contribution in [0.1, 0.15) is 21.5 Å². The molecule has 0 N–H and O–H groups in total. The van der Waals surface area contributed by atoms with Crippen LogP contribution in [-0.4, -0.2) is 18.0 Å². The summed E-state index contributed by atoms with van der Waals surface area (Å²) in [7, 11) is 1.18. The molecule has 0 aliphatic heterocycles. The molecule has 0 saturated carbocycles. The van der Waals surface area contributed by atoms with Gasteiger partial charge in [0, 0.05) is 5.33 Å². The molecule has 0 atom stereocenters. The van der Waals surface area contributed by atoms with Crippen molar-refractivity contribution in [3.63, 3.8) is 0 Å². The number of nitro groups is 1. The quantitative estimate of drug-likeness (QED) is 0.369. The van der Waals surface area contributed by atoms with Gasteiger partial charge in [0.05, 0.1) is 23.2 Å². The van der Waals surface area contributed by atoms with Crippen molar-refractivity contribution in [2.24, 2.45) is 0 Å². The summed E-state index contributed by atoms with van der Waals surface area (Å²) in [6, 6.07) is 4.30. The van der Waals surface area contributed by atoms with Gasteiger partial charge in [-0.25, -0.2) is 4.79 Å². The zero-order chi connectivity index (χ0) is 13.0. The van der Waals surface area contributed by atoms with Crippen molar-refractivity contribution in [2.75, 3.05) is 7.11 Å². The maximum Gasteiger partial charge on any atom is 0.338 e. The highest BCUT2D eigenvalue weighted by atomic mass is 79.9. The van der Waals surface area contributed by atoms with E-state index in [0.29, 0.717) is 0 Å². The largest absolute Gasteiger partial charge is 0.465 e. The van der Waals surface area contributed by atoms with Crippen LogP contribution < -0.4 is 0 Å². The third kappa shape index (κ3) is 2.42. The van der Waals surface area contributed by atoms with Crippen molar-refractivity contribution in [2.45, 2.75) is 5.33 Å². The first-order valence-corrected chi connectivity index (χ1v) is 5.53. The first kappa shape index (κ1) is 13.1. The van der Waals surface area contributed by atoms with Crippen LogP contribution in [0.2, 0.25) is 0 Å². The molecule has 1 rings (SSSR count). The third-order valence-corrected chi connectivity index (χ3v) is 2.69. The topological polar surface area (TPSA) is 93.2 Å².